The summed E-state index contributed by atoms with van der Waals surface area (Å²) in [5.41, 5.74) is 0.192. The van der Waals surface area contributed by atoms with Gasteiger partial charge in [0, 0.05) is 31.7 Å². The minimum Gasteiger partial charge on any atom is -0.343 e. The van der Waals surface area contributed by atoms with Crippen LogP contribution in [0.3, 0.4) is 0 Å². The predicted molar refractivity (Wildman–Crippen MR) is 100 cm³/mol. The fourth-order valence-corrected chi connectivity index (χ4v) is 4.46. The molecule has 0 aromatic heterocycles. The Morgan fingerprint density at radius 2 is 1.50 bits per heavy atom. The number of amides is 2. The molecule has 2 aromatic rings. The Morgan fingerprint density at radius 1 is 0.900 bits per heavy atom. The summed E-state index contributed by atoms with van der Waals surface area (Å²) >= 11 is 0. The van der Waals surface area contributed by atoms with E-state index in [1.54, 1.807) is 0 Å². The predicted octanol–water partition coefficient (Wildman–Crippen LogP) is 1.37. The third-order valence-corrected chi connectivity index (χ3v) is 6.52. The molecule has 1 aliphatic rings. The van der Waals surface area contributed by atoms with Crippen molar-refractivity contribution < 1.29 is 31.2 Å². The normalized spacial score (nSPS) is 15.1. The zero-order valence-electron chi connectivity index (χ0n) is 15.6. The van der Waals surface area contributed by atoms with Crippen molar-refractivity contribution in [1.29, 1.82) is 0 Å². The molecular weight excluding hydrogens is 423 g/mol. The minimum atomic E-state index is -4.25. The maximum Gasteiger partial charge on any atom is 0.251 e. The third kappa shape index (κ3) is 4.79. The van der Waals surface area contributed by atoms with Crippen LogP contribution in [0.15, 0.2) is 47.4 Å². The van der Waals surface area contributed by atoms with E-state index >= 15 is 0 Å². The largest absolute Gasteiger partial charge is 0.343 e. The molecule has 0 radical (unpaired) electrons. The Hall–Kier alpha value is -2.92. The molecule has 11 heteroatoms. The van der Waals surface area contributed by atoms with Crippen LogP contribution >= 0.6 is 0 Å². The lowest BCUT2D eigenvalue weighted by Gasteiger charge is -2.34. The zero-order valence-corrected chi connectivity index (χ0v) is 16.5. The van der Waals surface area contributed by atoms with E-state index in [4.69, 9.17) is 0 Å². The molecule has 30 heavy (non-hydrogen) atoms. The highest BCUT2D eigenvalue weighted by molar-refractivity contribution is 7.89. The third-order valence-electron chi connectivity index (χ3n) is 4.61. The van der Waals surface area contributed by atoms with Crippen LogP contribution in [0.5, 0.6) is 0 Å². The SMILES string of the molecule is O=C(NCC(=O)N1CCN(S(=O)(=O)c2cc(F)ccc2F)CC1)c1ccc(F)cc1. The molecule has 0 bridgehead atoms. The lowest BCUT2D eigenvalue weighted by molar-refractivity contribution is -0.131. The molecule has 160 valence electrons. The quantitative estimate of drug-likeness (QED) is 0.760. The summed E-state index contributed by atoms with van der Waals surface area (Å²) in [6.07, 6.45) is 0. The summed E-state index contributed by atoms with van der Waals surface area (Å²) in [4.78, 5) is 24.9. The first-order chi connectivity index (χ1) is 14.2. The Balaban J connectivity index is 1.55. The first kappa shape index (κ1) is 21.8. The van der Waals surface area contributed by atoms with Gasteiger partial charge < -0.3 is 10.2 Å². The summed E-state index contributed by atoms with van der Waals surface area (Å²) < 4.78 is 66.2. The van der Waals surface area contributed by atoms with Crippen LogP contribution in [0.4, 0.5) is 13.2 Å². The maximum atomic E-state index is 13.9. The van der Waals surface area contributed by atoms with Crippen molar-refractivity contribution in [3.8, 4) is 0 Å². The van der Waals surface area contributed by atoms with Gasteiger partial charge in [0.2, 0.25) is 15.9 Å². The number of nitrogens with zero attached hydrogens (tertiary/aromatic N) is 2. The van der Waals surface area contributed by atoms with Gasteiger partial charge in [0.1, 0.15) is 22.3 Å². The molecule has 1 N–H and O–H groups in total. The van der Waals surface area contributed by atoms with Crippen LogP contribution in [0, 0.1) is 17.5 Å². The monoisotopic (exact) mass is 441 g/mol. The lowest BCUT2D eigenvalue weighted by atomic mass is 10.2. The highest BCUT2D eigenvalue weighted by Crippen LogP contribution is 2.21. The number of halogens is 3. The van der Waals surface area contributed by atoms with E-state index < -0.39 is 44.2 Å². The number of carbonyl (C=O) groups excluding carboxylic acids is 2. The highest BCUT2D eigenvalue weighted by Gasteiger charge is 2.32. The second-order valence-corrected chi connectivity index (χ2v) is 8.46. The second-order valence-electron chi connectivity index (χ2n) is 6.55. The molecule has 0 spiro atoms. The summed E-state index contributed by atoms with van der Waals surface area (Å²) in [5.74, 6) is -3.40. The number of piperazine rings is 1. The van der Waals surface area contributed by atoms with Crippen molar-refractivity contribution in [1.82, 2.24) is 14.5 Å². The van der Waals surface area contributed by atoms with E-state index in [-0.39, 0.29) is 38.3 Å². The van der Waals surface area contributed by atoms with Gasteiger partial charge in [0.15, 0.2) is 0 Å². The zero-order chi connectivity index (χ0) is 21.9. The van der Waals surface area contributed by atoms with E-state index in [0.717, 1.165) is 28.6 Å². The van der Waals surface area contributed by atoms with Gasteiger partial charge in [-0.05, 0) is 42.5 Å². The fourth-order valence-electron chi connectivity index (χ4n) is 2.96. The van der Waals surface area contributed by atoms with E-state index in [1.165, 1.54) is 17.0 Å². The minimum absolute atomic E-state index is 0.0292. The Labute approximate surface area is 171 Å². The first-order valence-corrected chi connectivity index (χ1v) is 10.4. The Morgan fingerprint density at radius 3 is 2.13 bits per heavy atom. The number of hydrogen-bond acceptors (Lipinski definition) is 4. The van der Waals surface area contributed by atoms with Gasteiger partial charge in [-0.25, -0.2) is 21.6 Å². The molecule has 0 aliphatic carbocycles. The van der Waals surface area contributed by atoms with Crippen molar-refractivity contribution in [2.45, 2.75) is 4.90 Å². The van der Waals surface area contributed by atoms with Crippen LogP contribution in [-0.2, 0) is 14.8 Å². The number of benzene rings is 2. The maximum absolute atomic E-state index is 13.9. The van der Waals surface area contributed by atoms with Gasteiger partial charge in [0.05, 0.1) is 6.54 Å². The van der Waals surface area contributed by atoms with Crippen LogP contribution in [0.1, 0.15) is 10.4 Å². The van der Waals surface area contributed by atoms with Gasteiger partial charge in [-0.1, -0.05) is 0 Å². The Bertz CT molecular complexity index is 1050. The van der Waals surface area contributed by atoms with Crippen molar-refractivity contribution in [2.75, 3.05) is 32.7 Å². The van der Waals surface area contributed by atoms with Gasteiger partial charge in [-0.15, -0.1) is 0 Å². The summed E-state index contributed by atoms with van der Waals surface area (Å²) in [7, 11) is -4.25. The molecule has 1 aliphatic heterocycles. The van der Waals surface area contributed by atoms with Crippen LogP contribution in [0.25, 0.3) is 0 Å². The molecule has 0 saturated carbocycles. The fraction of sp³-hybridized carbons (Fsp3) is 0.263. The Kier molecular flexibility index (Phi) is 6.42. The molecule has 1 fully saturated rings. The first-order valence-electron chi connectivity index (χ1n) is 8.95. The van der Waals surface area contributed by atoms with Crippen LogP contribution in [-0.4, -0.2) is 62.2 Å². The number of sulfonamides is 1. The molecule has 3 rings (SSSR count). The van der Waals surface area contributed by atoms with E-state index in [1.807, 2.05) is 0 Å². The molecule has 0 unspecified atom stereocenters. The van der Waals surface area contributed by atoms with Crippen LogP contribution in [0.2, 0.25) is 0 Å². The molecule has 2 amide bonds. The van der Waals surface area contributed by atoms with E-state index in [2.05, 4.69) is 5.32 Å². The van der Waals surface area contributed by atoms with Crippen molar-refractivity contribution in [3.63, 3.8) is 0 Å². The molecule has 7 nitrogen and oxygen atoms in total. The molecule has 0 atom stereocenters. The van der Waals surface area contributed by atoms with Crippen molar-refractivity contribution in [3.05, 3.63) is 65.5 Å². The van der Waals surface area contributed by atoms with E-state index in [9.17, 15) is 31.2 Å². The summed E-state index contributed by atoms with van der Waals surface area (Å²) in [6, 6.07) is 6.99. The number of carbonyl (C=O) groups is 2. The van der Waals surface area contributed by atoms with Crippen molar-refractivity contribution >= 4 is 21.8 Å². The topological polar surface area (TPSA) is 86.8 Å². The lowest BCUT2D eigenvalue weighted by Crippen LogP contribution is -2.52. The number of nitrogens with one attached hydrogen (secondary N) is 1. The van der Waals surface area contributed by atoms with Crippen molar-refractivity contribution in [2.24, 2.45) is 0 Å². The van der Waals surface area contributed by atoms with Gasteiger partial charge >= 0.3 is 0 Å². The smallest absolute Gasteiger partial charge is 0.251 e. The van der Waals surface area contributed by atoms with Gasteiger partial charge in [-0.2, -0.15) is 4.31 Å². The summed E-state index contributed by atoms with van der Waals surface area (Å²) in [5, 5.41) is 2.42. The molecule has 2 aromatic carbocycles. The van der Waals surface area contributed by atoms with E-state index in [0.29, 0.717) is 6.07 Å². The van der Waals surface area contributed by atoms with Crippen LogP contribution < -0.4 is 5.32 Å². The second kappa shape index (κ2) is 8.84. The molecule has 1 saturated heterocycles. The summed E-state index contributed by atoms with van der Waals surface area (Å²) in [6.45, 7) is -0.462. The highest BCUT2D eigenvalue weighted by atomic mass is 32.2. The van der Waals surface area contributed by atoms with Gasteiger partial charge in [-0.3, -0.25) is 9.59 Å². The number of hydrogen-bond donors (Lipinski definition) is 1. The van der Waals surface area contributed by atoms with Gasteiger partial charge in [0.25, 0.3) is 5.91 Å². The average Bonchev–Trinajstić information content (AvgIpc) is 2.74. The number of rotatable bonds is 5. The standard InChI is InChI=1S/C19H18F3N3O4S/c20-14-3-1-13(2-4-14)19(27)23-12-18(26)24-7-9-25(10-8-24)30(28,29)17-11-15(21)5-6-16(17)22/h1-6,11H,7-10,12H2,(H,23,27). The average molecular weight is 441 g/mol. The molecule has 1 heterocycles. The molecular formula is C19H18F3N3O4S.